The Balaban J connectivity index is 1.84. The SMILES string of the molecule is CC1CCNC(C(=O)N2CCN(C(=O)N(C)C)CC2)C1. The lowest BCUT2D eigenvalue weighted by Crippen LogP contribution is -2.57. The van der Waals surface area contributed by atoms with Gasteiger partial charge in [0.25, 0.3) is 0 Å². The summed E-state index contributed by atoms with van der Waals surface area (Å²) in [6.07, 6.45) is 2.07. The van der Waals surface area contributed by atoms with Gasteiger partial charge in [0, 0.05) is 40.3 Å². The molecule has 0 radical (unpaired) electrons. The molecule has 0 aromatic heterocycles. The lowest BCUT2D eigenvalue weighted by Gasteiger charge is -2.38. The van der Waals surface area contributed by atoms with Gasteiger partial charge in [0.1, 0.15) is 0 Å². The molecular weight excluding hydrogens is 256 g/mol. The Morgan fingerprint density at radius 1 is 1.10 bits per heavy atom. The first-order valence-electron chi connectivity index (χ1n) is 7.47. The minimum atomic E-state index is -0.0325. The monoisotopic (exact) mass is 282 g/mol. The summed E-state index contributed by atoms with van der Waals surface area (Å²) in [5, 5.41) is 3.32. The molecule has 0 aromatic rings. The molecule has 2 unspecified atom stereocenters. The van der Waals surface area contributed by atoms with E-state index in [-0.39, 0.29) is 18.0 Å². The summed E-state index contributed by atoms with van der Waals surface area (Å²) < 4.78 is 0. The van der Waals surface area contributed by atoms with Crippen molar-refractivity contribution < 1.29 is 9.59 Å². The van der Waals surface area contributed by atoms with E-state index in [0.717, 1.165) is 19.4 Å². The molecule has 0 bridgehead atoms. The highest BCUT2D eigenvalue weighted by Gasteiger charge is 2.31. The van der Waals surface area contributed by atoms with Crippen molar-refractivity contribution >= 4 is 11.9 Å². The Kier molecular flexibility index (Phi) is 4.86. The summed E-state index contributed by atoms with van der Waals surface area (Å²) in [7, 11) is 3.51. The molecule has 2 fully saturated rings. The van der Waals surface area contributed by atoms with Gasteiger partial charge in [-0.25, -0.2) is 4.79 Å². The smallest absolute Gasteiger partial charge is 0.319 e. The van der Waals surface area contributed by atoms with Crippen molar-refractivity contribution in [1.82, 2.24) is 20.0 Å². The third kappa shape index (κ3) is 3.42. The Bertz CT molecular complexity index is 364. The summed E-state index contributed by atoms with van der Waals surface area (Å²) in [5.74, 6) is 0.815. The van der Waals surface area contributed by atoms with Gasteiger partial charge in [0.15, 0.2) is 0 Å². The highest BCUT2D eigenvalue weighted by Crippen LogP contribution is 2.17. The number of carbonyl (C=O) groups excluding carboxylic acids is 2. The molecule has 2 heterocycles. The highest BCUT2D eigenvalue weighted by molar-refractivity contribution is 5.82. The maximum atomic E-state index is 12.5. The number of carbonyl (C=O) groups is 2. The number of nitrogens with one attached hydrogen (secondary N) is 1. The average Bonchev–Trinajstić information content (AvgIpc) is 2.46. The number of nitrogens with zero attached hydrogens (tertiary/aromatic N) is 3. The van der Waals surface area contributed by atoms with E-state index in [1.807, 2.05) is 4.90 Å². The normalized spacial score (nSPS) is 27.4. The molecule has 3 amide bonds. The zero-order valence-corrected chi connectivity index (χ0v) is 12.8. The first-order chi connectivity index (χ1) is 9.49. The molecule has 2 rings (SSSR count). The van der Waals surface area contributed by atoms with Crippen LogP contribution in [0.25, 0.3) is 0 Å². The summed E-state index contributed by atoms with van der Waals surface area (Å²) in [6.45, 7) is 5.68. The predicted octanol–water partition coefficient (Wildman–Crippen LogP) is 0.200. The summed E-state index contributed by atoms with van der Waals surface area (Å²) in [6, 6.07) is -0.00337. The number of urea groups is 1. The van der Waals surface area contributed by atoms with Crippen LogP contribution in [0.5, 0.6) is 0 Å². The predicted molar refractivity (Wildman–Crippen MR) is 77.4 cm³/mol. The fourth-order valence-electron chi connectivity index (χ4n) is 2.92. The second kappa shape index (κ2) is 6.43. The topological polar surface area (TPSA) is 55.9 Å². The van der Waals surface area contributed by atoms with E-state index < -0.39 is 0 Å². The molecule has 114 valence electrons. The van der Waals surface area contributed by atoms with Crippen LogP contribution < -0.4 is 5.32 Å². The van der Waals surface area contributed by atoms with Gasteiger partial charge in [0.05, 0.1) is 6.04 Å². The summed E-state index contributed by atoms with van der Waals surface area (Å²) in [5.41, 5.74) is 0. The van der Waals surface area contributed by atoms with Gasteiger partial charge >= 0.3 is 6.03 Å². The molecule has 6 nitrogen and oxygen atoms in total. The Hall–Kier alpha value is -1.30. The number of hydrogen-bond donors (Lipinski definition) is 1. The second-order valence-corrected chi connectivity index (χ2v) is 6.13. The Labute approximate surface area is 121 Å². The fraction of sp³-hybridized carbons (Fsp3) is 0.857. The third-order valence-electron chi connectivity index (χ3n) is 4.21. The molecule has 20 heavy (non-hydrogen) atoms. The van der Waals surface area contributed by atoms with Crippen LogP contribution in [-0.2, 0) is 4.79 Å². The number of hydrogen-bond acceptors (Lipinski definition) is 3. The van der Waals surface area contributed by atoms with Crippen LogP contribution in [0.2, 0.25) is 0 Å². The number of piperidine rings is 1. The van der Waals surface area contributed by atoms with E-state index in [9.17, 15) is 9.59 Å². The van der Waals surface area contributed by atoms with E-state index in [1.165, 1.54) is 0 Å². The van der Waals surface area contributed by atoms with Crippen molar-refractivity contribution in [3.63, 3.8) is 0 Å². The van der Waals surface area contributed by atoms with Crippen LogP contribution in [0, 0.1) is 5.92 Å². The lowest BCUT2D eigenvalue weighted by atomic mass is 9.93. The average molecular weight is 282 g/mol. The standard InChI is InChI=1S/C14H26N4O2/c1-11-4-5-15-12(10-11)13(19)17-6-8-18(9-7-17)14(20)16(2)3/h11-12,15H,4-10H2,1-3H3. The van der Waals surface area contributed by atoms with Crippen LogP contribution in [0.4, 0.5) is 4.79 Å². The molecule has 2 atom stereocenters. The molecule has 0 saturated carbocycles. The number of amides is 3. The maximum Gasteiger partial charge on any atom is 0.319 e. The van der Waals surface area contributed by atoms with E-state index in [2.05, 4.69) is 12.2 Å². The molecule has 2 aliphatic rings. The first kappa shape index (κ1) is 15.1. The van der Waals surface area contributed by atoms with E-state index in [1.54, 1.807) is 23.9 Å². The van der Waals surface area contributed by atoms with E-state index in [0.29, 0.717) is 32.1 Å². The van der Waals surface area contributed by atoms with Gasteiger partial charge in [-0.2, -0.15) is 0 Å². The number of rotatable bonds is 1. The van der Waals surface area contributed by atoms with Crippen LogP contribution in [0.3, 0.4) is 0 Å². The molecule has 6 heteroatoms. The Morgan fingerprint density at radius 3 is 2.25 bits per heavy atom. The largest absolute Gasteiger partial charge is 0.338 e. The first-order valence-corrected chi connectivity index (χ1v) is 7.47. The van der Waals surface area contributed by atoms with E-state index in [4.69, 9.17) is 0 Å². The van der Waals surface area contributed by atoms with Gasteiger partial charge in [-0.15, -0.1) is 0 Å². The van der Waals surface area contributed by atoms with Crippen molar-refractivity contribution in [2.24, 2.45) is 5.92 Å². The van der Waals surface area contributed by atoms with Crippen LogP contribution in [0.15, 0.2) is 0 Å². The van der Waals surface area contributed by atoms with Crippen LogP contribution >= 0.6 is 0 Å². The minimum Gasteiger partial charge on any atom is -0.338 e. The van der Waals surface area contributed by atoms with Crippen LogP contribution in [-0.4, -0.2) is 79.5 Å². The van der Waals surface area contributed by atoms with Gasteiger partial charge in [-0.05, 0) is 25.3 Å². The van der Waals surface area contributed by atoms with Crippen molar-refractivity contribution in [3.05, 3.63) is 0 Å². The van der Waals surface area contributed by atoms with E-state index >= 15 is 0 Å². The second-order valence-electron chi connectivity index (χ2n) is 6.13. The molecule has 0 spiro atoms. The quantitative estimate of drug-likeness (QED) is 0.747. The van der Waals surface area contributed by atoms with Crippen molar-refractivity contribution in [1.29, 1.82) is 0 Å². The molecule has 0 aromatic carbocycles. The molecule has 2 aliphatic heterocycles. The van der Waals surface area contributed by atoms with Crippen LogP contribution in [0.1, 0.15) is 19.8 Å². The van der Waals surface area contributed by atoms with Crippen molar-refractivity contribution in [3.8, 4) is 0 Å². The summed E-state index contributed by atoms with van der Waals surface area (Å²) in [4.78, 5) is 29.6. The zero-order chi connectivity index (χ0) is 14.7. The lowest BCUT2D eigenvalue weighted by molar-refractivity contribution is -0.135. The van der Waals surface area contributed by atoms with Gasteiger partial charge in [-0.1, -0.05) is 6.92 Å². The zero-order valence-electron chi connectivity index (χ0n) is 12.8. The highest BCUT2D eigenvalue weighted by atomic mass is 16.2. The van der Waals surface area contributed by atoms with Crippen molar-refractivity contribution in [2.75, 3.05) is 46.8 Å². The fourth-order valence-corrected chi connectivity index (χ4v) is 2.92. The minimum absolute atomic E-state index is 0.0292. The molecule has 1 N–H and O–H groups in total. The Morgan fingerprint density at radius 2 is 1.70 bits per heavy atom. The van der Waals surface area contributed by atoms with Crippen molar-refractivity contribution in [2.45, 2.75) is 25.8 Å². The molecular formula is C14H26N4O2. The summed E-state index contributed by atoms with van der Waals surface area (Å²) >= 11 is 0. The van der Waals surface area contributed by atoms with Gasteiger partial charge in [0.2, 0.25) is 5.91 Å². The van der Waals surface area contributed by atoms with Gasteiger partial charge < -0.3 is 20.0 Å². The molecule has 0 aliphatic carbocycles. The molecule has 2 saturated heterocycles. The maximum absolute atomic E-state index is 12.5. The number of piperazine rings is 1. The van der Waals surface area contributed by atoms with Gasteiger partial charge in [-0.3, -0.25) is 4.79 Å². The third-order valence-corrected chi connectivity index (χ3v) is 4.21.